The van der Waals surface area contributed by atoms with Gasteiger partial charge in [-0.1, -0.05) is 6.07 Å². The van der Waals surface area contributed by atoms with Crippen LogP contribution < -0.4 is 19.8 Å². The van der Waals surface area contributed by atoms with Gasteiger partial charge in [0.1, 0.15) is 11.3 Å². The molecule has 0 bridgehead atoms. The van der Waals surface area contributed by atoms with Gasteiger partial charge < -0.3 is 23.7 Å². The van der Waals surface area contributed by atoms with Gasteiger partial charge in [-0.15, -0.1) is 0 Å². The van der Waals surface area contributed by atoms with Crippen LogP contribution in [0.2, 0.25) is 0 Å². The molecule has 2 heterocycles. The van der Waals surface area contributed by atoms with Crippen molar-refractivity contribution in [3.05, 3.63) is 57.7 Å². The molecule has 2 aromatic carbocycles. The van der Waals surface area contributed by atoms with E-state index in [1.165, 1.54) is 4.90 Å². The maximum absolute atomic E-state index is 13.4. The molecule has 7 nitrogen and oxygen atoms in total. The van der Waals surface area contributed by atoms with Gasteiger partial charge in [-0.05, 0) is 55.3 Å². The van der Waals surface area contributed by atoms with Crippen LogP contribution in [-0.2, 0) is 4.79 Å². The summed E-state index contributed by atoms with van der Waals surface area (Å²) in [5, 5.41) is 0.449. The zero-order chi connectivity index (χ0) is 22.8. The second kappa shape index (κ2) is 9.04. The molecule has 168 valence electrons. The lowest BCUT2D eigenvalue weighted by atomic mass is 10.1. The van der Waals surface area contributed by atoms with Crippen molar-refractivity contribution in [3.8, 4) is 22.8 Å². The number of rotatable bonds is 5. The number of aryl methyl sites for hydroxylation is 2. The summed E-state index contributed by atoms with van der Waals surface area (Å²) in [6.45, 7) is 6.81. The SMILES string of the molecule is COc1ccc(-c2oc3c(C)cc(C)cc3c(=O)c2OCC(=O)N2CC[NH+](C)CC2)cc1. The predicted octanol–water partition coefficient (Wildman–Crippen LogP) is 1.82. The fourth-order valence-corrected chi connectivity index (χ4v) is 4.06. The van der Waals surface area contributed by atoms with E-state index in [1.807, 2.05) is 32.0 Å². The Morgan fingerprint density at radius 2 is 1.81 bits per heavy atom. The van der Waals surface area contributed by atoms with E-state index in [0.29, 0.717) is 41.1 Å². The van der Waals surface area contributed by atoms with Crippen LogP contribution in [-0.4, -0.2) is 57.8 Å². The molecule has 1 aliphatic heterocycles. The fraction of sp³-hybridized carbons (Fsp3) is 0.360. The minimum absolute atomic E-state index is 0.0563. The monoisotopic (exact) mass is 437 g/mol. The van der Waals surface area contributed by atoms with Crippen molar-refractivity contribution in [2.24, 2.45) is 0 Å². The number of piperazine rings is 1. The van der Waals surface area contributed by atoms with Gasteiger partial charge in [0.05, 0.1) is 45.7 Å². The molecule has 0 aliphatic carbocycles. The number of carbonyl (C=O) groups is 1. The first-order chi connectivity index (χ1) is 15.4. The molecule has 1 aliphatic rings. The number of quaternary nitrogens is 1. The number of benzene rings is 2. The number of hydrogen-bond acceptors (Lipinski definition) is 5. The van der Waals surface area contributed by atoms with Gasteiger partial charge in [-0.2, -0.15) is 0 Å². The molecule has 0 unspecified atom stereocenters. The molecule has 0 saturated carbocycles. The molecule has 1 N–H and O–H groups in total. The maximum Gasteiger partial charge on any atom is 0.260 e. The van der Waals surface area contributed by atoms with Crippen molar-refractivity contribution in [3.63, 3.8) is 0 Å². The molecule has 1 aromatic heterocycles. The number of nitrogens with zero attached hydrogens (tertiary/aromatic N) is 1. The first-order valence-corrected chi connectivity index (χ1v) is 10.8. The number of amides is 1. The predicted molar refractivity (Wildman–Crippen MR) is 123 cm³/mol. The summed E-state index contributed by atoms with van der Waals surface area (Å²) in [6, 6.07) is 11.0. The van der Waals surface area contributed by atoms with Crippen LogP contribution in [0.3, 0.4) is 0 Å². The Balaban J connectivity index is 1.74. The summed E-state index contributed by atoms with van der Waals surface area (Å²) in [7, 11) is 3.71. The number of hydrogen-bond donors (Lipinski definition) is 1. The third kappa shape index (κ3) is 4.34. The molecular weight excluding hydrogens is 408 g/mol. The molecule has 4 rings (SSSR count). The average molecular weight is 438 g/mol. The zero-order valence-corrected chi connectivity index (χ0v) is 19.0. The molecule has 1 fully saturated rings. The highest BCUT2D eigenvalue weighted by atomic mass is 16.5. The van der Waals surface area contributed by atoms with Gasteiger partial charge in [0.2, 0.25) is 11.2 Å². The lowest BCUT2D eigenvalue weighted by molar-refractivity contribution is -0.883. The van der Waals surface area contributed by atoms with Crippen LogP contribution in [0.4, 0.5) is 0 Å². The van der Waals surface area contributed by atoms with E-state index in [-0.39, 0.29) is 23.7 Å². The third-order valence-electron chi connectivity index (χ3n) is 5.94. The van der Waals surface area contributed by atoms with Crippen molar-refractivity contribution in [2.75, 3.05) is 46.9 Å². The molecule has 1 saturated heterocycles. The van der Waals surface area contributed by atoms with Gasteiger partial charge in [-0.25, -0.2) is 0 Å². The van der Waals surface area contributed by atoms with Crippen LogP contribution in [0.15, 0.2) is 45.6 Å². The lowest BCUT2D eigenvalue weighted by Gasteiger charge is -2.30. The number of fused-ring (bicyclic) bond motifs is 1. The van der Waals surface area contributed by atoms with Gasteiger partial charge in [0, 0.05) is 5.56 Å². The normalized spacial score (nSPS) is 14.6. The Kier molecular flexibility index (Phi) is 6.19. The number of ether oxygens (including phenoxy) is 2. The Labute approximate surface area is 187 Å². The molecule has 3 aromatic rings. The molecule has 0 radical (unpaired) electrons. The summed E-state index contributed by atoms with van der Waals surface area (Å²) in [5.41, 5.74) is 2.75. The van der Waals surface area contributed by atoms with Crippen LogP contribution in [0.25, 0.3) is 22.3 Å². The minimum Gasteiger partial charge on any atom is -0.497 e. The highest BCUT2D eigenvalue weighted by molar-refractivity contribution is 5.85. The Bertz CT molecular complexity index is 1190. The Hall–Kier alpha value is -3.32. The number of nitrogens with one attached hydrogen (secondary N) is 1. The molecule has 1 amide bonds. The van der Waals surface area contributed by atoms with Crippen LogP contribution in [0.5, 0.6) is 11.5 Å². The molecule has 32 heavy (non-hydrogen) atoms. The summed E-state index contributed by atoms with van der Waals surface area (Å²) in [6.07, 6.45) is 0. The van der Waals surface area contributed by atoms with Crippen LogP contribution in [0, 0.1) is 13.8 Å². The van der Waals surface area contributed by atoms with Gasteiger partial charge in [-0.3, -0.25) is 9.59 Å². The summed E-state index contributed by atoms with van der Waals surface area (Å²) < 4.78 is 17.3. The summed E-state index contributed by atoms with van der Waals surface area (Å²) >= 11 is 0. The largest absolute Gasteiger partial charge is 0.497 e. The maximum atomic E-state index is 13.4. The first kappa shape index (κ1) is 21.9. The standard InChI is InChI=1S/C25H28N2O5/c1-16-13-17(2)23-20(14-16)22(29)25(24(32-23)18-5-7-19(30-4)8-6-18)31-15-21(28)27-11-9-26(3)10-12-27/h5-8,13-14H,9-12,15H2,1-4H3/p+1. The van der Waals surface area contributed by atoms with Crippen molar-refractivity contribution >= 4 is 16.9 Å². The molecule has 7 heteroatoms. The van der Waals surface area contributed by atoms with Crippen molar-refractivity contribution < 1.29 is 23.6 Å². The summed E-state index contributed by atoms with van der Waals surface area (Å²) in [5.74, 6) is 0.935. The Morgan fingerprint density at radius 3 is 2.47 bits per heavy atom. The van der Waals surface area contributed by atoms with Crippen molar-refractivity contribution in [1.29, 1.82) is 0 Å². The average Bonchev–Trinajstić information content (AvgIpc) is 2.79. The summed E-state index contributed by atoms with van der Waals surface area (Å²) in [4.78, 5) is 29.4. The topological polar surface area (TPSA) is 73.4 Å². The highest BCUT2D eigenvalue weighted by Gasteiger charge is 2.24. The molecular formula is C25H29N2O5+. The third-order valence-corrected chi connectivity index (χ3v) is 5.94. The van der Waals surface area contributed by atoms with E-state index < -0.39 is 0 Å². The van der Waals surface area contributed by atoms with Crippen molar-refractivity contribution in [2.45, 2.75) is 13.8 Å². The number of methoxy groups -OCH3 is 1. The zero-order valence-electron chi connectivity index (χ0n) is 19.0. The van der Waals surface area contributed by atoms with Gasteiger partial charge >= 0.3 is 0 Å². The highest BCUT2D eigenvalue weighted by Crippen LogP contribution is 2.33. The molecule has 0 atom stereocenters. The second-order valence-electron chi connectivity index (χ2n) is 8.40. The van der Waals surface area contributed by atoms with E-state index in [1.54, 1.807) is 30.2 Å². The molecule has 0 spiro atoms. The van der Waals surface area contributed by atoms with Gasteiger partial charge in [0.25, 0.3) is 5.91 Å². The quantitative estimate of drug-likeness (QED) is 0.659. The van der Waals surface area contributed by atoms with E-state index >= 15 is 0 Å². The minimum atomic E-state index is -0.278. The van der Waals surface area contributed by atoms with Crippen LogP contribution in [0.1, 0.15) is 11.1 Å². The second-order valence-corrected chi connectivity index (χ2v) is 8.40. The van der Waals surface area contributed by atoms with Crippen molar-refractivity contribution in [1.82, 2.24) is 4.90 Å². The Morgan fingerprint density at radius 1 is 1.12 bits per heavy atom. The lowest BCUT2D eigenvalue weighted by Crippen LogP contribution is -3.12. The van der Waals surface area contributed by atoms with E-state index in [0.717, 1.165) is 24.2 Å². The van der Waals surface area contributed by atoms with Gasteiger partial charge in [0.15, 0.2) is 12.4 Å². The first-order valence-electron chi connectivity index (χ1n) is 10.8. The smallest absolute Gasteiger partial charge is 0.260 e. The number of carbonyl (C=O) groups excluding carboxylic acids is 1. The fourth-order valence-electron chi connectivity index (χ4n) is 4.06. The van der Waals surface area contributed by atoms with E-state index in [4.69, 9.17) is 13.9 Å². The van der Waals surface area contributed by atoms with Crippen LogP contribution >= 0.6 is 0 Å². The van der Waals surface area contributed by atoms with E-state index in [9.17, 15) is 9.59 Å². The van der Waals surface area contributed by atoms with E-state index in [2.05, 4.69) is 7.05 Å². The number of likely N-dealkylation sites (N-methyl/N-ethyl adjacent to an activating group) is 1.